The first-order valence-electron chi connectivity index (χ1n) is 6.32. The monoisotopic (exact) mass is 294 g/mol. The molecule has 0 aromatic heterocycles. The van der Waals surface area contributed by atoms with Crippen LogP contribution < -0.4 is 10.5 Å². The van der Waals surface area contributed by atoms with Gasteiger partial charge in [-0.25, -0.2) is 0 Å². The lowest BCUT2D eigenvalue weighted by atomic mass is 10.2. The SMILES string of the molecule is Cc1ccc(OC(C)C(=O)N(CC(N)=O)CC(=O)O)cc1. The minimum absolute atomic E-state index is 0.466. The first kappa shape index (κ1) is 16.5. The van der Waals surface area contributed by atoms with Crippen molar-refractivity contribution < 1.29 is 24.2 Å². The third kappa shape index (κ3) is 5.52. The molecule has 7 nitrogen and oxygen atoms in total. The highest BCUT2D eigenvalue weighted by molar-refractivity contribution is 5.89. The number of aryl methyl sites for hydroxylation is 1. The molecular weight excluding hydrogens is 276 g/mol. The Morgan fingerprint density at radius 2 is 1.81 bits per heavy atom. The number of hydrogen-bond acceptors (Lipinski definition) is 4. The van der Waals surface area contributed by atoms with Crippen LogP contribution in [0.3, 0.4) is 0 Å². The number of rotatable bonds is 7. The van der Waals surface area contributed by atoms with Crippen LogP contribution in [-0.4, -0.2) is 47.0 Å². The van der Waals surface area contributed by atoms with Gasteiger partial charge in [0.05, 0.1) is 0 Å². The summed E-state index contributed by atoms with van der Waals surface area (Å²) in [6, 6.07) is 7.05. The molecule has 1 aromatic rings. The zero-order valence-electron chi connectivity index (χ0n) is 11.9. The summed E-state index contributed by atoms with van der Waals surface area (Å²) in [4.78, 5) is 34.6. The number of carboxylic acid groups (broad SMARTS) is 1. The third-order valence-electron chi connectivity index (χ3n) is 2.67. The summed E-state index contributed by atoms with van der Waals surface area (Å²) >= 11 is 0. The highest BCUT2D eigenvalue weighted by atomic mass is 16.5. The molecular formula is C14H18N2O5. The van der Waals surface area contributed by atoms with Crippen LogP contribution in [0.15, 0.2) is 24.3 Å². The second-order valence-corrected chi connectivity index (χ2v) is 4.63. The van der Waals surface area contributed by atoms with E-state index in [1.807, 2.05) is 19.1 Å². The molecule has 1 aromatic carbocycles. The number of benzene rings is 1. The van der Waals surface area contributed by atoms with E-state index in [9.17, 15) is 14.4 Å². The Balaban J connectivity index is 2.74. The van der Waals surface area contributed by atoms with E-state index in [2.05, 4.69) is 0 Å². The van der Waals surface area contributed by atoms with Gasteiger partial charge in [-0.15, -0.1) is 0 Å². The van der Waals surface area contributed by atoms with Gasteiger partial charge in [-0.2, -0.15) is 0 Å². The van der Waals surface area contributed by atoms with Crippen molar-refractivity contribution in [1.82, 2.24) is 4.90 Å². The molecule has 1 atom stereocenters. The molecule has 0 aliphatic carbocycles. The topological polar surface area (TPSA) is 110 Å². The van der Waals surface area contributed by atoms with Crippen molar-refractivity contribution in [2.75, 3.05) is 13.1 Å². The van der Waals surface area contributed by atoms with E-state index in [0.29, 0.717) is 5.75 Å². The maximum Gasteiger partial charge on any atom is 0.323 e. The molecule has 0 heterocycles. The Morgan fingerprint density at radius 1 is 1.24 bits per heavy atom. The van der Waals surface area contributed by atoms with E-state index in [0.717, 1.165) is 10.5 Å². The van der Waals surface area contributed by atoms with Gasteiger partial charge in [0.2, 0.25) is 5.91 Å². The fraction of sp³-hybridized carbons (Fsp3) is 0.357. The molecule has 21 heavy (non-hydrogen) atoms. The third-order valence-corrected chi connectivity index (χ3v) is 2.67. The predicted octanol–water partition coefficient (Wildman–Crippen LogP) is 0.161. The van der Waals surface area contributed by atoms with Crippen LogP contribution in [0.25, 0.3) is 0 Å². The van der Waals surface area contributed by atoms with Crippen molar-refractivity contribution in [1.29, 1.82) is 0 Å². The Kier molecular flexibility index (Phi) is 5.71. The zero-order valence-corrected chi connectivity index (χ0v) is 11.9. The number of nitrogens with two attached hydrogens (primary N) is 1. The van der Waals surface area contributed by atoms with E-state index in [1.54, 1.807) is 12.1 Å². The summed E-state index contributed by atoms with van der Waals surface area (Å²) in [7, 11) is 0. The number of amides is 2. The quantitative estimate of drug-likeness (QED) is 0.744. The molecule has 0 aliphatic heterocycles. The molecule has 1 rings (SSSR count). The smallest absolute Gasteiger partial charge is 0.323 e. The van der Waals surface area contributed by atoms with Crippen LogP contribution in [0.2, 0.25) is 0 Å². The van der Waals surface area contributed by atoms with Crippen molar-refractivity contribution in [2.24, 2.45) is 5.73 Å². The standard InChI is InChI=1S/C14H18N2O5/c1-9-3-5-11(6-4-9)21-10(2)14(20)16(7-12(15)17)8-13(18)19/h3-6,10H,7-8H2,1-2H3,(H2,15,17)(H,18,19). The molecule has 0 bridgehead atoms. The lowest BCUT2D eigenvalue weighted by molar-refractivity contribution is -0.148. The number of carbonyl (C=O) groups excluding carboxylic acids is 2. The van der Waals surface area contributed by atoms with Gasteiger partial charge in [-0.3, -0.25) is 14.4 Å². The molecule has 0 radical (unpaired) electrons. The van der Waals surface area contributed by atoms with Crippen LogP contribution in [-0.2, 0) is 14.4 Å². The molecule has 0 saturated heterocycles. The summed E-state index contributed by atoms with van der Waals surface area (Å²) in [5.41, 5.74) is 6.05. The van der Waals surface area contributed by atoms with Crippen molar-refractivity contribution in [3.63, 3.8) is 0 Å². The molecule has 0 saturated carbocycles. The number of carboxylic acids is 1. The Hall–Kier alpha value is -2.57. The van der Waals surface area contributed by atoms with Crippen LogP contribution in [0.4, 0.5) is 0 Å². The van der Waals surface area contributed by atoms with Crippen molar-refractivity contribution >= 4 is 17.8 Å². The van der Waals surface area contributed by atoms with Gasteiger partial charge < -0.3 is 20.5 Å². The largest absolute Gasteiger partial charge is 0.481 e. The number of aliphatic carboxylic acids is 1. The van der Waals surface area contributed by atoms with Crippen LogP contribution >= 0.6 is 0 Å². The molecule has 1 unspecified atom stereocenters. The molecule has 0 spiro atoms. The van der Waals surface area contributed by atoms with E-state index in [4.69, 9.17) is 15.6 Å². The predicted molar refractivity (Wildman–Crippen MR) is 74.7 cm³/mol. The van der Waals surface area contributed by atoms with Gasteiger partial charge in [0.1, 0.15) is 18.8 Å². The van der Waals surface area contributed by atoms with Crippen LogP contribution in [0.5, 0.6) is 5.75 Å². The van der Waals surface area contributed by atoms with E-state index < -0.39 is 37.0 Å². The van der Waals surface area contributed by atoms with Crippen molar-refractivity contribution in [2.45, 2.75) is 20.0 Å². The molecule has 7 heteroatoms. The number of ether oxygens (including phenoxy) is 1. The highest BCUT2D eigenvalue weighted by Gasteiger charge is 2.25. The summed E-state index contributed by atoms with van der Waals surface area (Å²) in [6.07, 6.45) is -0.925. The summed E-state index contributed by atoms with van der Waals surface area (Å²) < 4.78 is 5.44. The van der Waals surface area contributed by atoms with E-state index >= 15 is 0 Å². The normalized spacial score (nSPS) is 11.5. The fourth-order valence-corrected chi connectivity index (χ4v) is 1.69. The van der Waals surface area contributed by atoms with Gasteiger partial charge in [0.25, 0.3) is 5.91 Å². The number of nitrogens with zero attached hydrogens (tertiary/aromatic N) is 1. The minimum Gasteiger partial charge on any atom is -0.481 e. The maximum atomic E-state index is 12.1. The van der Waals surface area contributed by atoms with E-state index in [-0.39, 0.29) is 0 Å². The average molecular weight is 294 g/mol. The Morgan fingerprint density at radius 3 is 2.29 bits per heavy atom. The fourth-order valence-electron chi connectivity index (χ4n) is 1.69. The van der Waals surface area contributed by atoms with Crippen LogP contribution in [0, 0.1) is 6.92 Å². The van der Waals surface area contributed by atoms with Gasteiger partial charge in [0, 0.05) is 0 Å². The number of carbonyl (C=O) groups is 3. The zero-order chi connectivity index (χ0) is 16.0. The lowest BCUT2D eigenvalue weighted by Gasteiger charge is -2.23. The molecule has 3 N–H and O–H groups in total. The minimum atomic E-state index is -1.23. The van der Waals surface area contributed by atoms with Crippen molar-refractivity contribution in [3.8, 4) is 5.75 Å². The lowest BCUT2D eigenvalue weighted by Crippen LogP contribution is -2.46. The first-order chi connectivity index (χ1) is 9.79. The van der Waals surface area contributed by atoms with Crippen LogP contribution in [0.1, 0.15) is 12.5 Å². The summed E-state index contributed by atoms with van der Waals surface area (Å²) in [5, 5.41) is 8.76. The molecule has 114 valence electrons. The molecule has 2 amide bonds. The average Bonchev–Trinajstić information content (AvgIpc) is 2.38. The molecule has 0 aliphatic rings. The summed E-state index contributed by atoms with van der Waals surface area (Å²) in [5.74, 6) is -2.15. The number of primary amides is 1. The first-order valence-corrected chi connectivity index (χ1v) is 6.32. The summed E-state index contributed by atoms with van der Waals surface area (Å²) in [6.45, 7) is 2.33. The van der Waals surface area contributed by atoms with E-state index in [1.165, 1.54) is 6.92 Å². The van der Waals surface area contributed by atoms with Gasteiger partial charge in [0.15, 0.2) is 6.10 Å². The highest BCUT2D eigenvalue weighted by Crippen LogP contribution is 2.14. The Labute approximate surface area is 122 Å². The Bertz CT molecular complexity index is 511. The number of hydrogen-bond donors (Lipinski definition) is 2. The second-order valence-electron chi connectivity index (χ2n) is 4.63. The van der Waals surface area contributed by atoms with Gasteiger partial charge in [-0.05, 0) is 26.0 Å². The van der Waals surface area contributed by atoms with Gasteiger partial charge in [-0.1, -0.05) is 17.7 Å². The maximum absolute atomic E-state index is 12.1. The van der Waals surface area contributed by atoms with Gasteiger partial charge >= 0.3 is 5.97 Å². The molecule has 0 fully saturated rings. The van der Waals surface area contributed by atoms with Crippen molar-refractivity contribution in [3.05, 3.63) is 29.8 Å². The second kappa shape index (κ2) is 7.28.